The highest BCUT2D eigenvalue weighted by Crippen LogP contribution is 2.28. The summed E-state index contributed by atoms with van der Waals surface area (Å²) in [6.07, 6.45) is 2.68. The molecule has 1 aliphatic rings. The van der Waals surface area contributed by atoms with Crippen LogP contribution in [0.2, 0.25) is 0 Å². The lowest BCUT2D eigenvalue weighted by molar-refractivity contribution is 0.223. The molecule has 3 heteroatoms. The summed E-state index contributed by atoms with van der Waals surface area (Å²) in [5, 5.41) is 0. The highest BCUT2D eigenvalue weighted by molar-refractivity contribution is 5.28. The van der Waals surface area contributed by atoms with Gasteiger partial charge in [0.15, 0.2) is 0 Å². The van der Waals surface area contributed by atoms with E-state index in [2.05, 4.69) is 29.8 Å². The Morgan fingerprint density at radius 1 is 1.44 bits per heavy atom. The molecule has 1 aromatic heterocycles. The molecule has 1 saturated carbocycles. The largest absolute Gasteiger partial charge is 0.384 e. The molecular weight excluding hydrogens is 198 g/mol. The third-order valence-electron chi connectivity index (χ3n) is 2.86. The number of aromatic nitrogens is 1. The van der Waals surface area contributed by atoms with E-state index in [1.807, 2.05) is 12.1 Å². The van der Waals surface area contributed by atoms with Crippen molar-refractivity contribution in [3.8, 4) is 0 Å². The molecule has 0 radical (unpaired) electrons. The topological polar surface area (TPSA) is 42.1 Å². The minimum Gasteiger partial charge on any atom is -0.384 e. The van der Waals surface area contributed by atoms with Crippen molar-refractivity contribution in [1.82, 2.24) is 9.88 Å². The van der Waals surface area contributed by atoms with Gasteiger partial charge in [0, 0.05) is 19.1 Å². The zero-order valence-electron chi connectivity index (χ0n) is 10.2. The molecule has 0 aliphatic heterocycles. The molecule has 1 heterocycles. The van der Waals surface area contributed by atoms with E-state index in [9.17, 15) is 0 Å². The molecule has 0 aromatic carbocycles. The molecule has 1 aromatic rings. The molecule has 3 nitrogen and oxygen atoms in total. The maximum Gasteiger partial charge on any atom is 0.123 e. The molecule has 2 rings (SSSR count). The van der Waals surface area contributed by atoms with Gasteiger partial charge in [-0.2, -0.15) is 0 Å². The Morgan fingerprint density at radius 2 is 2.19 bits per heavy atom. The smallest absolute Gasteiger partial charge is 0.123 e. The van der Waals surface area contributed by atoms with E-state index in [-0.39, 0.29) is 0 Å². The van der Waals surface area contributed by atoms with Gasteiger partial charge in [-0.05, 0) is 30.9 Å². The molecule has 0 bridgehead atoms. The fourth-order valence-electron chi connectivity index (χ4n) is 2.05. The molecule has 16 heavy (non-hydrogen) atoms. The van der Waals surface area contributed by atoms with Crippen molar-refractivity contribution in [2.75, 3.05) is 12.3 Å². The molecule has 0 saturated heterocycles. The molecule has 2 N–H and O–H groups in total. The van der Waals surface area contributed by atoms with Crippen LogP contribution in [0.15, 0.2) is 18.2 Å². The summed E-state index contributed by atoms with van der Waals surface area (Å²) >= 11 is 0. The minimum absolute atomic E-state index is 0.623. The Labute approximate surface area is 97.7 Å². The molecule has 0 amide bonds. The van der Waals surface area contributed by atoms with E-state index < -0.39 is 0 Å². The average molecular weight is 219 g/mol. The van der Waals surface area contributed by atoms with E-state index >= 15 is 0 Å². The molecule has 0 unspecified atom stereocenters. The number of rotatable bonds is 5. The van der Waals surface area contributed by atoms with Gasteiger partial charge in [0.2, 0.25) is 0 Å². The van der Waals surface area contributed by atoms with Crippen LogP contribution in [-0.4, -0.2) is 22.5 Å². The molecule has 0 atom stereocenters. The summed E-state index contributed by atoms with van der Waals surface area (Å²) < 4.78 is 0. The predicted molar refractivity (Wildman–Crippen MR) is 66.9 cm³/mol. The zero-order chi connectivity index (χ0) is 11.5. The van der Waals surface area contributed by atoms with Crippen molar-refractivity contribution in [1.29, 1.82) is 0 Å². The number of pyridine rings is 1. The van der Waals surface area contributed by atoms with Gasteiger partial charge < -0.3 is 5.73 Å². The minimum atomic E-state index is 0.623. The maximum atomic E-state index is 5.70. The fraction of sp³-hybridized carbons (Fsp3) is 0.615. The summed E-state index contributed by atoms with van der Waals surface area (Å²) in [6.45, 7) is 6.62. The summed E-state index contributed by atoms with van der Waals surface area (Å²) in [5.41, 5.74) is 6.79. The average Bonchev–Trinajstić information content (AvgIpc) is 2.99. The lowest BCUT2D eigenvalue weighted by Crippen LogP contribution is -2.29. The number of nitrogen functional groups attached to an aromatic ring is 1. The van der Waals surface area contributed by atoms with Crippen LogP contribution >= 0.6 is 0 Å². The Bertz CT molecular complexity index is 345. The van der Waals surface area contributed by atoms with Crippen LogP contribution < -0.4 is 5.73 Å². The van der Waals surface area contributed by atoms with Crippen molar-refractivity contribution in [3.05, 3.63) is 23.9 Å². The number of nitrogens with zero attached hydrogens (tertiary/aromatic N) is 2. The first-order chi connectivity index (χ1) is 7.65. The molecule has 0 spiro atoms. The van der Waals surface area contributed by atoms with Crippen LogP contribution in [0.4, 0.5) is 5.82 Å². The van der Waals surface area contributed by atoms with Gasteiger partial charge in [-0.1, -0.05) is 19.9 Å². The summed E-state index contributed by atoms with van der Waals surface area (Å²) in [4.78, 5) is 6.90. The predicted octanol–water partition coefficient (Wildman–Crippen LogP) is 2.28. The first-order valence-corrected chi connectivity index (χ1v) is 6.10. The van der Waals surface area contributed by atoms with E-state index in [1.54, 1.807) is 0 Å². The highest BCUT2D eigenvalue weighted by atomic mass is 15.2. The van der Waals surface area contributed by atoms with Gasteiger partial charge in [0.1, 0.15) is 5.82 Å². The number of hydrogen-bond donors (Lipinski definition) is 1. The highest BCUT2D eigenvalue weighted by Gasteiger charge is 2.29. The molecule has 1 fully saturated rings. The molecule has 1 aliphatic carbocycles. The Balaban J connectivity index is 1.99. The van der Waals surface area contributed by atoms with Gasteiger partial charge in [-0.15, -0.1) is 0 Å². The molecular formula is C13H21N3. The molecule has 88 valence electrons. The monoisotopic (exact) mass is 219 g/mol. The second-order valence-electron chi connectivity index (χ2n) is 5.11. The maximum absolute atomic E-state index is 5.70. The SMILES string of the molecule is CC(C)CN(Cc1cccc(N)n1)C1CC1. The normalized spacial score (nSPS) is 16.0. The second kappa shape index (κ2) is 4.83. The van der Waals surface area contributed by atoms with Crippen LogP contribution in [0.1, 0.15) is 32.4 Å². The first kappa shape index (κ1) is 11.4. The van der Waals surface area contributed by atoms with E-state index in [0.29, 0.717) is 11.7 Å². The Kier molecular flexibility index (Phi) is 3.44. The summed E-state index contributed by atoms with van der Waals surface area (Å²) in [7, 11) is 0. The van der Waals surface area contributed by atoms with Crippen molar-refractivity contribution in [2.24, 2.45) is 5.92 Å². The summed E-state index contributed by atoms with van der Waals surface area (Å²) in [6, 6.07) is 6.67. The van der Waals surface area contributed by atoms with E-state index in [4.69, 9.17) is 5.73 Å². The fourth-order valence-corrected chi connectivity index (χ4v) is 2.05. The van der Waals surface area contributed by atoms with Gasteiger partial charge in [-0.3, -0.25) is 4.90 Å². The van der Waals surface area contributed by atoms with Crippen LogP contribution in [0.5, 0.6) is 0 Å². The third-order valence-corrected chi connectivity index (χ3v) is 2.86. The van der Waals surface area contributed by atoms with Crippen LogP contribution in [-0.2, 0) is 6.54 Å². The second-order valence-corrected chi connectivity index (χ2v) is 5.11. The van der Waals surface area contributed by atoms with Crippen molar-refractivity contribution < 1.29 is 0 Å². The summed E-state index contributed by atoms with van der Waals surface area (Å²) in [5.74, 6) is 1.33. The van der Waals surface area contributed by atoms with Crippen LogP contribution in [0.3, 0.4) is 0 Å². The standard InChI is InChI=1S/C13H21N3/c1-10(2)8-16(12-6-7-12)9-11-4-3-5-13(14)15-11/h3-5,10,12H,6-9H2,1-2H3,(H2,14,15). The van der Waals surface area contributed by atoms with Crippen molar-refractivity contribution in [3.63, 3.8) is 0 Å². The quantitative estimate of drug-likeness (QED) is 0.826. The van der Waals surface area contributed by atoms with Crippen LogP contribution in [0, 0.1) is 5.92 Å². The number of hydrogen-bond acceptors (Lipinski definition) is 3. The van der Waals surface area contributed by atoms with Gasteiger partial charge in [-0.25, -0.2) is 4.98 Å². The van der Waals surface area contributed by atoms with Gasteiger partial charge >= 0.3 is 0 Å². The first-order valence-electron chi connectivity index (χ1n) is 6.10. The van der Waals surface area contributed by atoms with Gasteiger partial charge in [0.25, 0.3) is 0 Å². The number of anilines is 1. The van der Waals surface area contributed by atoms with Crippen molar-refractivity contribution >= 4 is 5.82 Å². The number of nitrogens with two attached hydrogens (primary N) is 1. The lowest BCUT2D eigenvalue weighted by Gasteiger charge is -2.23. The Hall–Kier alpha value is -1.09. The Morgan fingerprint density at radius 3 is 2.75 bits per heavy atom. The van der Waals surface area contributed by atoms with Gasteiger partial charge in [0.05, 0.1) is 5.69 Å². The van der Waals surface area contributed by atoms with E-state index in [1.165, 1.54) is 12.8 Å². The van der Waals surface area contributed by atoms with Crippen LogP contribution in [0.25, 0.3) is 0 Å². The van der Waals surface area contributed by atoms with Crippen molar-refractivity contribution in [2.45, 2.75) is 39.3 Å². The van der Waals surface area contributed by atoms with E-state index in [0.717, 1.165) is 24.8 Å². The lowest BCUT2D eigenvalue weighted by atomic mass is 10.2. The third kappa shape index (κ3) is 3.20. The zero-order valence-corrected chi connectivity index (χ0v) is 10.2.